The minimum Gasteiger partial charge on any atom is -0.342 e. The number of aromatic nitrogens is 4. The van der Waals surface area contributed by atoms with Crippen molar-refractivity contribution in [1.29, 1.82) is 0 Å². The molecule has 2 heterocycles. The van der Waals surface area contributed by atoms with Crippen molar-refractivity contribution in [3.63, 3.8) is 0 Å². The van der Waals surface area contributed by atoms with E-state index in [4.69, 9.17) is 0 Å². The van der Waals surface area contributed by atoms with Gasteiger partial charge in [-0.1, -0.05) is 30.3 Å². The van der Waals surface area contributed by atoms with Crippen molar-refractivity contribution >= 4 is 28.5 Å². The summed E-state index contributed by atoms with van der Waals surface area (Å²) in [5.41, 5.74) is 1.96. The molecule has 134 valence electrons. The molecule has 0 aliphatic heterocycles. The largest absolute Gasteiger partial charge is 0.342 e. The zero-order chi connectivity index (χ0) is 18.8. The molecule has 1 amide bonds. The van der Waals surface area contributed by atoms with Crippen LogP contribution in [0.1, 0.15) is 15.9 Å². The number of carbonyl (C=O) groups excluding carboxylic acids is 2. The highest BCUT2D eigenvalue weighted by Crippen LogP contribution is 2.23. The highest BCUT2D eigenvalue weighted by molar-refractivity contribution is 6.48. The Hall–Kier alpha value is -3.81. The van der Waals surface area contributed by atoms with Gasteiger partial charge >= 0.3 is 0 Å². The molecule has 8 heteroatoms. The lowest BCUT2D eigenvalue weighted by molar-refractivity contribution is -0.112. The van der Waals surface area contributed by atoms with Crippen molar-refractivity contribution in [3.05, 3.63) is 78.0 Å². The fourth-order valence-electron chi connectivity index (χ4n) is 2.90. The van der Waals surface area contributed by atoms with E-state index in [1.54, 1.807) is 30.5 Å². The third-order valence-electron chi connectivity index (χ3n) is 4.15. The first-order valence-electron chi connectivity index (χ1n) is 8.16. The number of fused-ring (bicyclic) bond motifs is 1. The number of benzene rings is 2. The number of hydrogen-bond donors (Lipinski definition) is 2. The number of carbonyl (C=O) groups is 2. The van der Waals surface area contributed by atoms with Gasteiger partial charge in [-0.2, -0.15) is 0 Å². The lowest BCUT2D eigenvalue weighted by Gasteiger charge is -2.05. The molecule has 7 nitrogen and oxygen atoms in total. The number of nitrogens with one attached hydrogen (secondary N) is 2. The van der Waals surface area contributed by atoms with E-state index in [0.29, 0.717) is 11.9 Å². The van der Waals surface area contributed by atoms with E-state index in [1.165, 1.54) is 18.5 Å². The average molecular weight is 363 g/mol. The van der Waals surface area contributed by atoms with Crippen LogP contribution in [0.4, 0.5) is 10.3 Å². The van der Waals surface area contributed by atoms with Gasteiger partial charge in [-0.05, 0) is 23.8 Å². The summed E-state index contributed by atoms with van der Waals surface area (Å²) >= 11 is 0. The molecule has 0 unspecified atom stereocenters. The predicted octanol–water partition coefficient (Wildman–Crippen LogP) is 2.77. The van der Waals surface area contributed by atoms with Gasteiger partial charge in [0.25, 0.3) is 11.7 Å². The van der Waals surface area contributed by atoms with Crippen molar-refractivity contribution in [3.8, 4) is 0 Å². The second kappa shape index (κ2) is 6.83. The predicted molar refractivity (Wildman–Crippen MR) is 96.8 cm³/mol. The molecule has 0 spiro atoms. The summed E-state index contributed by atoms with van der Waals surface area (Å²) in [7, 11) is 0. The summed E-state index contributed by atoms with van der Waals surface area (Å²) < 4.78 is 15.0. The molecule has 0 saturated carbocycles. The summed E-state index contributed by atoms with van der Waals surface area (Å²) in [6, 6.07) is 13.4. The zero-order valence-corrected chi connectivity index (χ0v) is 14.0. The number of hydrogen-bond acceptors (Lipinski definition) is 4. The van der Waals surface area contributed by atoms with E-state index in [1.807, 2.05) is 16.7 Å². The number of H-pyrrole nitrogens is 1. The number of rotatable bonds is 5. The van der Waals surface area contributed by atoms with Crippen LogP contribution in [0, 0.1) is 5.82 Å². The van der Waals surface area contributed by atoms with Gasteiger partial charge < -0.3 is 9.55 Å². The van der Waals surface area contributed by atoms with E-state index < -0.39 is 11.7 Å². The maximum Gasteiger partial charge on any atom is 0.299 e. The van der Waals surface area contributed by atoms with E-state index >= 15 is 0 Å². The van der Waals surface area contributed by atoms with Gasteiger partial charge in [0.2, 0.25) is 5.95 Å². The molecule has 0 bridgehead atoms. The van der Waals surface area contributed by atoms with Gasteiger partial charge in [-0.15, -0.1) is 10.2 Å². The van der Waals surface area contributed by atoms with Crippen LogP contribution in [0.5, 0.6) is 0 Å². The number of nitrogens with zero attached hydrogens (tertiary/aromatic N) is 3. The van der Waals surface area contributed by atoms with Gasteiger partial charge in [-0.3, -0.25) is 14.9 Å². The van der Waals surface area contributed by atoms with Gasteiger partial charge in [0, 0.05) is 23.6 Å². The van der Waals surface area contributed by atoms with E-state index in [-0.39, 0.29) is 17.3 Å². The third kappa shape index (κ3) is 3.32. The Morgan fingerprint density at radius 2 is 1.89 bits per heavy atom. The molecule has 0 fully saturated rings. The molecule has 0 saturated heterocycles. The van der Waals surface area contributed by atoms with Crippen molar-refractivity contribution in [1.82, 2.24) is 19.7 Å². The number of aromatic amines is 1. The average Bonchev–Trinajstić information content (AvgIpc) is 3.31. The molecule has 4 aromatic rings. The summed E-state index contributed by atoms with van der Waals surface area (Å²) in [6.07, 6.45) is 2.94. The highest BCUT2D eigenvalue weighted by Gasteiger charge is 2.22. The van der Waals surface area contributed by atoms with Crippen molar-refractivity contribution in [2.24, 2.45) is 0 Å². The number of Topliss-reactive ketones (excluding diaryl/α,β-unsaturated/α-hetero) is 1. The maximum atomic E-state index is 13.1. The van der Waals surface area contributed by atoms with Crippen LogP contribution >= 0.6 is 0 Å². The van der Waals surface area contributed by atoms with Crippen LogP contribution in [0.2, 0.25) is 0 Å². The number of amides is 1. The van der Waals surface area contributed by atoms with Crippen LogP contribution in [-0.2, 0) is 11.3 Å². The zero-order valence-electron chi connectivity index (χ0n) is 14.0. The number of ketones is 1. The highest BCUT2D eigenvalue weighted by atomic mass is 19.1. The van der Waals surface area contributed by atoms with E-state index in [2.05, 4.69) is 20.5 Å². The fourth-order valence-corrected chi connectivity index (χ4v) is 2.90. The summed E-state index contributed by atoms with van der Waals surface area (Å²) in [5.74, 6) is -1.70. The van der Waals surface area contributed by atoms with Crippen LogP contribution in [0.15, 0.2) is 61.1 Å². The normalized spacial score (nSPS) is 10.9. The monoisotopic (exact) mass is 363 g/mol. The maximum absolute atomic E-state index is 13.1. The molecule has 2 aromatic carbocycles. The second-order valence-corrected chi connectivity index (χ2v) is 5.94. The van der Waals surface area contributed by atoms with Crippen LogP contribution < -0.4 is 5.32 Å². The standard InChI is InChI=1S/C19H14FN5O2/c20-13-7-5-12(6-8-13)9-25-10-15(14-3-1-2-4-16(14)25)17(26)18(27)23-19-21-11-22-24-19/h1-8,10-11H,9H2,(H2,21,22,23,24,27). The van der Waals surface area contributed by atoms with E-state index in [0.717, 1.165) is 11.1 Å². The molecule has 0 radical (unpaired) electrons. The first-order valence-corrected chi connectivity index (χ1v) is 8.16. The van der Waals surface area contributed by atoms with Crippen LogP contribution in [-0.4, -0.2) is 31.4 Å². The molecule has 0 atom stereocenters. The quantitative estimate of drug-likeness (QED) is 0.421. The summed E-state index contributed by atoms with van der Waals surface area (Å²) in [6.45, 7) is 0.442. The van der Waals surface area contributed by atoms with Crippen LogP contribution in [0.3, 0.4) is 0 Å². The smallest absolute Gasteiger partial charge is 0.299 e. The van der Waals surface area contributed by atoms with Crippen LogP contribution in [0.25, 0.3) is 10.9 Å². The molecular weight excluding hydrogens is 349 g/mol. The Balaban J connectivity index is 1.67. The lowest BCUT2D eigenvalue weighted by atomic mass is 10.1. The molecule has 27 heavy (non-hydrogen) atoms. The molecule has 0 aliphatic carbocycles. The number of anilines is 1. The number of halogens is 1. The molecule has 2 N–H and O–H groups in total. The van der Waals surface area contributed by atoms with Gasteiger partial charge in [0.05, 0.1) is 5.56 Å². The Kier molecular flexibility index (Phi) is 4.21. The van der Waals surface area contributed by atoms with Gasteiger partial charge in [0.15, 0.2) is 0 Å². The lowest BCUT2D eigenvalue weighted by Crippen LogP contribution is -2.23. The van der Waals surface area contributed by atoms with Crippen molar-refractivity contribution < 1.29 is 14.0 Å². The molecule has 2 aromatic heterocycles. The topological polar surface area (TPSA) is 92.7 Å². The molecule has 0 aliphatic rings. The Bertz CT molecular complexity index is 1120. The first kappa shape index (κ1) is 16.6. The van der Waals surface area contributed by atoms with Gasteiger partial charge in [0.1, 0.15) is 12.1 Å². The van der Waals surface area contributed by atoms with E-state index in [9.17, 15) is 14.0 Å². The second-order valence-electron chi connectivity index (χ2n) is 5.94. The third-order valence-corrected chi connectivity index (χ3v) is 4.15. The first-order chi connectivity index (χ1) is 13.1. The van der Waals surface area contributed by atoms with Crippen molar-refractivity contribution in [2.45, 2.75) is 6.54 Å². The minimum absolute atomic E-state index is 0.100. The Morgan fingerprint density at radius 1 is 1.11 bits per heavy atom. The summed E-state index contributed by atoms with van der Waals surface area (Å²) in [4.78, 5) is 27.5. The minimum atomic E-state index is -0.809. The van der Waals surface area contributed by atoms with Gasteiger partial charge in [-0.25, -0.2) is 4.39 Å². The molecule has 4 rings (SSSR count). The molecular formula is C19H14FN5O2. The Morgan fingerprint density at radius 3 is 2.63 bits per heavy atom. The fraction of sp³-hybridized carbons (Fsp3) is 0.0526. The Labute approximate surface area is 152 Å². The summed E-state index contributed by atoms with van der Waals surface area (Å²) in [5, 5.41) is 10.2. The number of para-hydroxylation sites is 1. The van der Waals surface area contributed by atoms with Crippen molar-refractivity contribution in [2.75, 3.05) is 5.32 Å². The SMILES string of the molecule is O=C(Nc1nnc[nH]1)C(=O)c1cn(Cc2ccc(F)cc2)c2ccccc12.